The van der Waals surface area contributed by atoms with Crippen molar-refractivity contribution in [1.82, 2.24) is 0 Å². The van der Waals surface area contributed by atoms with Crippen LogP contribution < -0.4 is 0 Å². The van der Waals surface area contributed by atoms with Gasteiger partial charge in [0.1, 0.15) is 5.60 Å². The number of hydrogen-bond donors (Lipinski definition) is 1. The number of carboxylic acid groups (broad SMARTS) is 1. The fourth-order valence-electron chi connectivity index (χ4n) is 3.59. The van der Waals surface area contributed by atoms with Crippen LogP contribution in [0.4, 0.5) is 0 Å². The van der Waals surface area contributed by atoms with Crippen LogP contribution in [0.1, 0.15) is 64.7 Å². The summed E-state index contributed by atoms with van der Waals surface area (Å²) in [6.07, 6.45) is 9.92. The van der Waals surface area contributed by atoms with Gasteiger partial charge in [0.25, 0.3) is 0 Å². The minimum absolute atomic E-state index is 0.360. The number of ether oxygens (including phenoxy) is 1. The summed E-state index contributed by atoms with van der Waals surface area (Å²) in [5.41, 5.74) is -0.360. The molecular formula is C15H24O4. The van der Waals surface area contributed by atoms with Gasteiger partial charge < -0.3 is 9.84 Å². The summed E-state index contributed by atoms with van der Waals surface area (Å²) in [6, 6.07) is 0. The van der Waals surface area contributed by atoms with Crippen LogP contribution in [0.5, 0.6) is 0 Å². The van der Waals surface area contributed by atoms with Gasteiger partial charge in [-0.1, -0.05) is 19.3 Å². The summed E-state index contributed by atoms with van der Waals surface area (Å²) in [5.74, 6) is -2.27. The van der Waals surface area contributed by atoms with E-state index in [0.29, 0.717) is 5.92 Å². The van der Waals surface area contributed by atoms with E-state index in [-0.39, 0.29) is 5.60 Å². The van der Waals surface area contributed by atoms with Crippen LogP contribution >= 0.6 is 0 Å². The molecule has 0 heterocycles. The molecule has 2 fully saturated rings. The Kier molecular flexibility index (Phi) is 4.48. The van der Waals surface area contributed by atoms with Crippen LogP contribution in [-0.2, 0) is 14.3 Å². The molecule has 4 heteroatoms. The lowest BCUT2D eigenvalue weighted by Crippen LogP contribution is -2.43. The van der Waals surface area contributed by atoms with E-state index >= 15 is 0 Å². The third-order valence-corrected chi connectivity index (χ3v) is 4.83. The molecule has 2 saturated carbocycles. The Bertz CT molecular complexity index is 338. The van der Waals surface area contributed by atoms with E-state index in [4.69, 9.17) is 9.84 Å². The fraction of sp³-hybridized carbons (Fsp3) is 0.867. The zero-order valence-corrected chi connectivity index (χ0v) is 11.7. The van der Waals surface area contributed by atoms with E-state index in [0.717, 1.165) is 38.5 Å². The highest BCUT2D eigenvalue weighted by atomic mass is 16.6. The molecule has 1 unspecified atom stereocenters. The van der Waals surface area contributed by atoms with Crippen molar-refractivity contribution in [1.29, 1.82) is 0 Å². The summed E-state index contributed by atoms with van der Waals surface area (Å²) in [7, 11) is 0. The largest absolute Gasteiger partial charge is 0.481 e. The minimum Gasteiger partial charge on any atom is -0.481 e. The standard InChI is InChI=1S/C15H24O4/c1-11(13(16)17)14(18)19-15(9-5-6-10-15)12-7-3-2-4-8-12/h11-12H,2-10H2,1H3,(H,16,17). The van der Waals surface area contributed by atoms with Crippen molar-refractivity contribution in [2.24, 2.45) is 11.8 Å². The minimum atomic E-state index is -1.10. The number of carboxylic acids is 1. The average Bonchev–Trinajstić information content (AvgIpc) is 2.88. The second kappa shape index (κ2) is 5.93. The monoisotopic (exact) mass is 268 g/mol. The van der Waals surface area contributed by atoms with Gasteiger partial charge in [0.2, 0.25) is 0 Å². The highest BCUT2D eigenvalue weighted by Gasteiger charge is 2.45. The van der Waals surface area contributed by atoms with E-state index < -0.39 is 17.9 Å². The lowest BCUT2D eigenvalue weighted by atomic mass is 9.75. The third-order valence-electron chi connectivity index (χ3n) is 4.83. The van der Waals surface area contributed by atoms with Crippen LogP contribution in [0, 0.1) is 11.8 Å². The summed E-state index contributed by atoms with van der Waals surface area (Å²) in [4.78, 5) is 22.9. The molecule has 2 aliphatic rings. The van der Waals surface area contributed by atoms with Crippen LogP contribution in [-0.4, -0.2) is 22.6 Å². The molecule has 0 aromatic carbocycles. The number of carbonyl (C=O) groups is 2. The van der Waals surface area contributed by atoms with Gasteiger partial charge in [-0.2, -0.15) is 0 Å². The predicted molar refractivity (Wildman–Crippen MR) is 70.7 cm³/mol. The van der Waals surface area contributed by atoms with Crippen molar-refractivity contribution < 1.29 is 19.4 Å². The number of hydrogen-bond acceptors (Lipinski definition) is 3. The second-order valence-corrected chi connectivity index (χ2v) is 6.09. The van der Waals surface area contributed by atoms with Crippen molar-refractivity contribution in [3.8, 4) is 0 Å². The average molecular weight is 268 g/mol. The quantitative estimate of drug-likeness (QED) is 0.628. The summed E-state index contributed by atoms with van der Waals surface area (Å²) in [6.45, 7) is 1.41. The Morgan fingerprint density at radius 1 is 1.11 bits per heavy atom. The first-order chi connectivity index (χ1) is 9.05. The SMILES string of the molecule is CC(C(=O)O)C(=O)OC1(C2CCCCC2)CCCC1. The summed E-state index contributed by atoms with van der Waals surface area (Å²) < 4.78 is 5.74. The van der Waals surface area contributed by atoms with Crippen LogP contribution in [0.3, 0.4) is 0 Å². The topological polar surface area (TPSA) is 63.6 Å². The Labute approximate surface area is 114 Å². The fourth-order valence-corrected chi connectivity index (χ4v) is 3.59. The lowest BCUT2D eigenvalue weighted by molar-refractivity contribution is -0.176. The van der Waals surface area contributed by atoms with Gasteiger partial charge in [-0.05, 0) is 51.4 Å². The molecule has 0 aliphatic heterocycles. The molecule has 0 radical (unpaired) electrons. The maximum Gasteiger partial charge on any atom is 0.320 e. The zero-order valence-electron chi connectivity index (χ0n) is 11.7. The van der Waals surface area contributed by atoms with Crippen molar-refractivity contribution in [3.63, 3.8) is 0 Å². The molecule has 108 valence electrons. The number of aliphatic carboxylic acids is 1. The molecule has 0 amide bonds. The van der Waals surface area contributed by atoms with Crippen LogP contribution in [0.2, 0.25) is 0 Å². The molecule has 1 N–H and O–H groups in total. The molecule has 4 nitrogen and oxygen atoms in total. The van der Waals surface area contributed by atoms with Gasteiger partial charge >= 0.3 is 11.9 Å². The van der Waals surface area contributed by atoms with Crippen molar-refractivity contribution in [2.45, 2.75) is 70.3 Å². The smallest absolute Gasteiger partial charge is 0.320 e. The van der Waals surface area contributed by atoms with Crippen molar-refractivity contribution in [2.75, 3.05) is 0 Å². The molecule has 2 rings (SSSR count). The van der Waals surface area contributed by atoms with Crippen molar-refractivity contribution in [3.05, 3.63) is 0 Å². The van der Waals surface area contributed by atoms with Gasteiger partial charge in [0.05, 0.1) is 0 Å². The van der Waals surface area contributed by atoms with Crippen LogP contribution in [0.15, 0.2) is 0 Å². The van der Waals surface area contributed by atoms with E-state index in [2.05, 4.69) is 0 Å². The number of rotatable bonds is 4. The molecule has 0 bridgehead atoms. The van der Waals surface area contributed by atoms with E-state index in [1.165, 1.54) is 26.2 Å². The first-order valence-corrected chi connectivity index (χ1v) is 7.51. The van der Waals surface area contributed by atoms with Gasteiger partial charge in [-0.3, -0.25) is 9.59 Å². The second-order valence-electron chi connectivity index (χ2n) is 6.09. The maximum atomic E-state index is 12.0. The normalized spacial score (nSPS) is 24.9. The highest BCUT2D eigenvalue weighted by molar-refractivity contribution is 5.93. The maximum absolute atomic E-state index is 12.0. The number of esters is 1. The Morgan fingerprint density at radius 3 is 2.21 bits per heavy atom. The zero-order chi connectivity index (χ0) is 13.9. The Balaban J connectivity index is 2.06. The molecular weight excluding hydrogens is 244 g/mol. The van der Waals surface area contributed by atoms with Gasteiger partial charge in [-0.25, -0.2) is 0 Å². The third kappa shape index (κ3) is 3.10. The Morgan fingerprint density at radius 2 is 1.68 bits per heavy atom. The number of carbonyl (C=O) groups excluding carboxylic acids is 1. The van der Waals surface area contributed by atoms with E-state index in [1.54, 1.807) is 0 Å². The van der Waals surface area contributed by atoms with E-state index in [1.807, 2.05) is 0 Å². The first kappa shape index (κ1) is 14.4. The van der Waals surface area contributed by atoms with Crippen molar-refractivity contribution >= 4 is 11.9 Å². The van der Waals surface area contributed by atoms with Gasteiger partial charge in [0, 0.05) is 0 Å². The van der Waals surface area contributed by atoms with Crippen LogP contribution in [0.25, 0.3) is 0 Å². The molecule has 0 aromatic rings. The van der Waals surface area contributed by atoms with E-state index in [9.17, 15) is 9.59 Å². The lowest BCUT2D eigenvalue weighted by Gasteiger charge is -2.39. The predicted octanol–water partition coefficient (Wildman–Crippen LogP) is 3.14. The molecule has 2 aliphatic carbocycles. The molecule has 0 aromatic heterocycles. The summed E-state index contributed by atoms with van der Waals surface area (Å²) >= 11 is 0. The molecule has 1 atom stereocenters. The Hall–Kier alpha value is -1.06. The highest BCUT2D eigenvalue weighted by Crippen LogP contribution is 2.45. The van der Waals surface area contributed by atoms with Gasteiger partial charge in [-0.15, -0.1) is 0 Å². The molecule has 0 saturated heterocycles. The first-order valence-electron chi connectivity index (χ1n) is 7.51. The molecule has 0 spiro atoms. The van der Waals surface area contributed by atoms with Gasteiger partial charge in [0.15, 0.2) is 5.92 Å². The molecule has 19 heavy (non-hydrogen) atoms. The summed E-state index contributed by atoms with van der Waals surface area (Å²) in [5, 5.41) is 8.92.